The number of unbranched alkanes of at least 4 members (excludes halogenated alkanes) is 32. The molecule has 66 heavy (non-hydrogen) atoms. The molecular formula is C60H106O6. The summed E-state index contributed by atoms with van der Waals surface area (Å²) in [5.74, 6) is -0.945. The summed E-state index contributed by atoms with van der Waals surface area (Å²) >= 11 is 0. The van der Waals surface area contributed by atoms with E-state index in [1.54, 1.807) is 0 Å². The Morgan fingerprint density at radius 2 is 0.545 bits per heavy atom. The highest BCUT2D eigenvalue weighted by molar-refractivity contribution is 5.71. The third-order valence-electron chi connectivity index (χ3n) is 12.3. The molecule has 382 valence electrons. The number of allylic oxidation sites excluding steroid dienone is 10. The molecule has 0 amide bonds. The van der Waals surface area contributed by atoms with Crippen LogP contribution in [-0.2, 0) is 28.6 Å². The van der Waals surface area contributed by atoms with Gasteiger partial charge in [-0.05, 0) is 96.3 Å². The second-order valence-electron chi connectivity index (χ2n) is 18.9. The SMILES string of the molecule is CCCCCCCCC/C=C\C=C/CCCCCCCC(=O)OCC(COC(=O)CCCCC/C=C\CCCCCCCCC)OC(=O)CCCCC/C=C\C=C/CCCCCCCCC. The second kappa shape index (κ2) is 54.7. The number of hydrogen-bond donors (Lipinski definition) is 0. The van der Waals surface area contributed by atoms with Gasteiger partial charge in [0.1, 0.15) is 13.2 Å². The molecule has 0 aromatic heterocycles. The second-order valence-corrected chi connectivity index (χ2v) is 18.9. The van der Waals surface area contributed by atoms with Crippen molar-refractivity contribution in [2.45, 2.75) is 290 Å². The summed E-state index contributed by atoms with van der Waals surface area (Å²) in [6.07, 6.45) is 67.8. The standard InChI is InChI=1S/C60H106O6/c1-4-7-10-13-16-19-22-25-28-30-31-33-35-38-41-44-47-50-53-59(62)65-56-57(55-64-58(61)52-49-46-43-40-37-34-27-24-21-18-15-12-9-6-3)66-60(63)54-51-48-45-42-39-36-32-29-26-23-20-17-14-11-8-5-2/h28-34,36-37,39,57H,4-27,35,38,40-56H2,1-3H3/b30-28-,32-29-,33-31-,37-34-,39-36-. The molecule has 0 radical (unpaired) electrons. The fourth-order valence-corrected chi connectivity index (χ4v) is 7.95. The van der Waals surface area contributed by atoms with Gasteiger partial charge in [0.2, 0.25) is 0 Å². The fraction of sp³-hybridized carbons (Fsp3) is 0.783. The van der Waals surface area contributed by atoms with E-state index in [0.29, 0.717) is 19.3 Å². The van der Waals surface area contributed by atoms with Gasteiger partial charge in [0.25, 0.3) is 0 Å². The first kappa shape index (κ1) is 63.1. The fourth-order valence-electron chi connectivity index (χ4n) is 7.95. The minimum atomic E-state index is -0.800. The Morgan fingerprint density at radius 1 is 0.303 bits per heavy atom. The van der Waals surface area contributed by atoms with Crippen molar-refractivity contribution < 1.29 is 28.6 Å². The van der Waals surface area contributed by atoms with E-state index >= 15 is 0 Å². The maximum Gasteiger partial charge on any atom is 0.306 e. The average molecular weight is 924 g/mol. The van der Waals surface area contributed by atoms with Gasteiger partial charge < -0.3 is 14.2 Å². The van der Waals surface area contributed by atoms with Crippen LogP contribution in [0.1, 0.15) is 284 Å². The molecule has 1 unspecified atom stereocenters. The lowest BCUT2D eigenvalue weighted by Crippen LogP contribution is -2.30. The van der Waals surface area contributed by atoms with E-state index in [1.807, 2.05) is 0 Å². The number of hydrogen-bond acceptors (Lipinski definition) is 6. The summed E-state index contributed by atoms with van der Waals surface area (Å²) < 4.78 is 16.8. The van der Waals surface area contributed by atoms with Crippen molar-refractivity contribution >= 4 is 17.9 Å². The van der Waals surface area contributed by atoms with Crippen LogP contribution in [0.2, 0.25) is 0 Å². The first-order valence-corrected chi connectivity index (χ1v) is 28.3. The maximum absolute atomic E-state index is 12.8. The summed E-state index contributed by atoms with van der Waals surface area (Å²) in [5, 5.41) is 0. The van der Waals surface area contributed by atoms with Crippen LogP contribution < -0.4 is 0 Å². The molecule has 6 nitrogen and oxygen atoms in total. The Labute approximate surface area is 409 Å². The number of esters is 3. The Kier molecular flexibility index (Phi) is 52.3. The number of carbonyl (C=O) groups excluding carboxylic acids is 3. The minimum absolute atomic E-state index is 0.0971. The van der Waals surface area contributed by atoms with Crippen LogP contribution in [0.15, 0.2) is 60.8 Å². The molecule has 0 aliphatic heterocycles. The lowest BCUT2D eigenvalue weighted by atomic mass is 10.1. The summed E-state index contributed by atoms with van der Waals surface area (Å²) in [5.41, 5.74) is 0. The van der Waals surface area contributed by atoms with Crippen LogP contribution >= 0.6 is 0 Å². The zero-order chi connectivity index (χ0) is 47.9. The summed E-state index contributed by atoms with van der Waals surface area (Å²) in [4.78, 5) is 38.1. The Bertz CT molecular complexity index is 1200. The van der Waals surface area contributed by atoms with Gasteiger partial charge in [-0.3, -0.25) is 14.4 Å². The van der Waals surface area contributed by atoms with Crippen molar-refractivity contribution in [3.05, 3.63) is 60.8 Å². The first-order chi connectivity index (χ1) is 32.5. The highest BCUT2D eigenvalue weighted by atomic mass is 16.6. The zero-order valence-electron chi connectivity index (χ0n) is 43.7. The molecule has 0 aromatic carbocycles. The highest BCUT2D eigenvalue weighted by Crippen LogP contribution is 2.14. The van der Waals surface area contributed by atoms with Crippen LogP contribution in [0.3, 0.4) is 0 Å². The Morgan fingerprint density at radius 3 is 0.864 bits per heavy atom. The quantitative estimate of drug-likeness (QED) is 0.0199. The average Bonchev–Trinajstić information content (AvgIpc) is 3.31. The van der Waals surface area contributed by atoms with Crippen LogP contribution in [-0.4, -0.2) is 37.2 Å². The van der Waals surface area contributed by atoms with E-state index in [4.69, 9.17) is 14.2 Å². The lowest BCUT2D eigenvalue weighted by Gasteiger charge is -2.18. The van der Waals surface area contributed by atoms with Crippen molar-refractivity contribution in [3.63, 3.8) is 0 Å². The summed E-state index contributed by atoms with van der Waals surface area (Å²) in [6, 6.07) is 0. The number of ether oxygens (including phenoxy) is 3. The van der Waals surface area contributed by atoms with Crippen LogP contribution in [0, 0.1) is 0 Å². The van der Waals surface area contributed by atoms with E-state index < -0.39 is 6.10 Å². The molecule has 6 heteroatoms. The monoisotopic (exact) mass is 923 g/mol. The normalized spacial score (nSPS) is 12.5. The van der Waals surface area contributed by atoms with Crippen molar-refractivity contribution in [2.24, 2.45) is 0 Å². The molecule has 0 rings (SSSR count). The molecule has 0 fully saturated rings. The Hall–Kier alpha value is -2.89. The third-order valence-corrected chi connectivity index (χ3v) is 12.3. The number of rotatable bonds is 51. The summed E-state index contributed by atoms with van der Waals surface area (Å²) in [7, 11) is 0. The molecule has 0 spiro atoms. The zero-order valence-corrected chi connectivity index (χ0v) is 43.7. The molecule has 0 heterocycles. The first-order valence-electron chi connectivity index (χ1n) is 28.3. The molecule has 0 aliphatic rings. The maximum atomic E-state index is 12.8. The third kappa shape index (κ3) is 52.1. The van der Waals surface area contributed by atoms with E-state index in [1.165, 1.54) is 141 Å². The lowest BCUT2D eigenvalue weighted by molar-refractivity contribution is -0.167. The largest absolute Gasteiger partial charge is 0.462 e. The van der Waals surface area contributed by atoms with Crippen LogP contribution in [0.5, 0.6) is 0 Å². The van der Waals surface area contributed by atoms with Crippen molar-refractivity contribution in [3.8, 4) is 0 Å². The van der Waals surface area contributed by atoms with Crippen molar-refractivity contribution in [1.82, 2.24) is 0 Å². The molecule has 0 bridgehead atoms. The smallest absolute Gasteiger partial charge is 0.306 e. The summed E-state index contributed by atoms with van der Waals surface area (Å²) in [6.45, 7) is 6.59. The Balaban J connectivity index is 4.45. The van der Waals surface area contributed by atoms with Crippen molar-refractivity contribution in [1.29, 1.82) is 0 Å². The molecular weight excluding hydrogens is 817 g/mol. The predicted octanol–water partition coefficient (Wildman–Crippen LogP) is 18.8. The molecule has 0 saturated heterocycles. The van der Waals surface area contributed by atoms with Gasteiger partial charge in [-0.2, -0.15) is 0 Å². The van der Waals surface area contributed by atoms with Crippen LogP contribution in [0.25, 0.3) is 0 Å². The highest BCUT2D eigenvalue weighted by Gasteiger charge is 2.19. The van der Waals surface area contributed by atoms with E-state index in [0.717, 1.165) is 103 Å². The van der Waals surface area contributed by atoms with Gasteiger partial charge >= 0.3 is 17.9 Å². The minimum Gasteiger partial charge on any atom is -0.462 e. The van der Waals surface area contributed by atoms with E-state index in [9.17, 15) is 14.4 Å². The molecule has 0 N–H and O–H groups in total. The van der Waals surface area contributed by atoms with Crippen molar-refractivity contribution in [2.75, 3.05) is 13.2 Å². The molecule has 0 saturated carbocycles. The number of carbonyl (C=O) groups is 3. The van der Waals surface area contributed by atoms with E-state index in [-0.39, 0.29) is 31.1 Å². The van der Waals surface area contributed by atoms with Gasteiger partial charge in [-0.15, -0.1) is 0 Å². The van der Waals surface area contributed by atoms with E-state index in [2.05, 4.69) is 81.5 Å². The van der Waals surface area contributed by atoms with Gasteiger partial charge in [-0.1, -0.05) is 229 Å². The van der Waals surface area contributed by atoms with Crippen LogP contribution in [0.4, 0.5) is 0 Å². The van der Waals surface area contributed by atoms with Gasteiger partial charge in [0, 0.05) is 19.3 Å². The topological polar surface area (TPSA) is 78.9 Å². The predicted molar refractivity (Wildman–Crippen MR) is 284 cm³/mol. The van der Waals surface area contributed by atoms with Gasteiger partial charge in [0.05, 0.1) is 0 Å². The molecule has 0 aromatic rings. The molecule has 0 aliphatic carbocycles. The molecule has 1 atom stereocenters. The van der Waals surface area contributed by atoms with Gasteiger partial charge in [0.15, 0.2) is 6.10 Å². The van der Waals surface area contributed by atoms with Gasteiger partial charge in [-0.25, -0.2) is 0 Å².